The Morgan fingerprint density at radius 1 is 1.13 bits per heavy atom. The van der Waals surface area contributed by atoms with Gasteiger partial charge >= 0.3 is 0 Å². The fourth-order valence-corrected chi connectivity index (χ4v) is 5.81. The van der Waals surface area contributed by atoms with Gasteiger partial charge in [0.15, 0.2) is 0 Å². The van der Waals surface area contributed by atoms with Crippen LogP contribution in [0.2, 0.25) is 0 Å². The number of nitrogens with zero attached hydrogens (tertiary/aromatic N) is 3. The smallest absolute Gasteiger partial charge is 0.255 e. The minimum atomic E-state index is 0.0639. The molecule has 1 aromatic carbocycles. The van der Waals surface area contributed by atoms with Crippen molar-refractivity contribution in [3.8, 4) is 11.3 Å². The Hall–Kier alpha value is -2.31. The highest BCUT2D eigenvalue weighted by atomic mass is 32.1. The summed E-state index contributed by atoms with van der Waals surface area (Å²) in [6.07, 6.45) is 6.95. The van der Waals surface area contributed by atoms with Gasteiger partial charge in [0, 0.05) is 42.4 Å². The van der Waals surface area contributed by atoms with Crippen LogP contribution in [0.5, 0.6) is 0 Å². The van der Waals surface area contributed by atoms with Crippen molar-refractivity contribution >= 4 is 11.3 Å². The largest absolute Gasteiger partial charge is 0.310 e. The van der Waals surface area contributed by atoms with Crippen molar-refractivity contribution in [2.75, 3.05) is 6.54 Å². The average molecular weight is 421 g/mol. The van der Waals surface area contributed by atoms with E-state index in [1.807, 2.05) is 6.07 Å². The van der Waals surface area contributed by atoms with Crippen molar-refractivity contribution in [3.63, 3.8) is 0 Å². The van der Waals surface area contributed by atoms with Crippen molar-refractivity contribution < 1.29 is 0 Å². The van der Waals surface area contributed by atoms with E-state index in [0.29, 0.717) is 12.5 Å². The van der Waals surface area contributed by atoms with E-state index in [0.717, 1.165) is 65.7 Å². The van der Waals surface area contributed by atoms with Gasteiger partial charge in [0.05, 0.1) is 22.0 Å². The molecule has 0 spiro atoms. The SMILES string of the molecule is Cc1nc(-c2ccccc2)c(CN2CCc3nc(C4CCCCC4)[nH]c(=O)c3C2)s1. The second-order valence-corrected chi connectivity index (χ2v) is 9.83. The van der Waals surface area contributed by atoms with Crippen molar-refractivity contribution in [2.24, 2.45) is 0 Å². The van der Waals surface area contributed by atoms with E-state index in [2.05, 4.69) is 41.1 Å². The van der Waals surface area contributed by atoms with Gasteiger partial charge in [0.25, 0.3) is 5.56 Å². The quantitative estimate of drug-likeness (QED) is 0.658. The van der Waals surface area contributed by atoms with Crippen LogP contribution < -0.4 is 5.56 Å². The summed E-state index contributed by atoms with van der Waals surface area (Å²) < 4.78 is 0. The highest BCUT2D eigenvalue weighted by Crippen LogP contribution is 2.32. The van der Waals surface area contributed by atoms with Gasteiger partial charge in [-0.3, -0.25) is 9.69 Å². The molecule has 1 fully saturated rings. The number of rotatable bonds is 4. The third kappa shape index (κ3) is 3.98. The normalized spacial score (nSPS) is 17.8. The van der Waals surface area contributed by atoms with Gasteiger partial charge < -0.3 is 4.98 Å². The second-order valence-electron chi connectivity index (χ2n) is 8.54. The molecule has 30 heavy (non-hydrogen) atoms. The fourth-order valence-electron chi connectivity index (χ4n) is 4.81. The summed E-state index contributed by atoms with van der Waals surface area (Å²) in [7, 11) is 0. The van der Waals surface area contributed by atoms with Gasteiger partial charge in [0.1, 0.15) is 5.82 Å². The molecule has 5 rings (SSSR count). The molecule has 0 unspecified atom stereocenters. The first-order valence-electron chi connectivity index (χ1n) is 11.0. The van der Waals surface area contributed by atoms with Crippen molar-refractivity contribution in [3.05, 3.63) is 67.7 Å². The summed E-state index contributed by atoms with van der Waals surface area (Å²) in [5.41, 5.74) is 4.16. The lowest BCUT2D eigenvalue weighted by Crippen LogP contribution is -2.36. The van der Waals surface area contributed by atoms with E-state index in [1.165, 1.54) is 24.1 Å². The van der Waals surface area contributed by atoms with Gasteiger partial charge in [-0.15, -0.1) is 11.3 Å². The van der Waals surface area contributed by atoms with Crippen LogP contribution in [0.1, 0.15) is 65.0 Å². The molecule has 1 saturated carbocycles. The van der Waals surface area contributed by atoms with Crippen LogP contribution in [0, 0.1) is 6.92 Å². The molecular weight excluding hydrogens is 392 g/mol. The molecular formula is C24H28N4OS. The monoisotopic (exact) mass is 420 g/mol. The Kier molecular flexibility index (Phi) is 5.52. The second kappa shape index (κ2) is 8.44. The summed E-state index contributed by atoms with van der Waals surface area (Å²) in [5, 5.41) is 1.08. The molecule has 1 N–H and O–H groups in total. The molecule has 0 amide bonds. The Morgan fingerprint density at radius 2 is 1.93 bits per heavy atom. The lowest BCUT2D eigenvalue weighted by atomic mass is 9.88. The van der Waals surface area contributed by atoms with Crippen molar-refractivity contribution in [2.45, 2.75) is 64.5 Å². The Bertz CT molecular complexity index is 1080. The predicted molar refractivity (Wildman–Crippen MR) is 121 cm³/mol. The number of H-pyrrole nitrogens is 1. The highest BCUT2D eigenvalue weighted by Gasteiger charge is 2.25. The Labute approximate surface area is 181 Å². The zero-order chi connectivity index (χ0) is 20.5. The number of fused-ring (bicyclic) bond motifs is 1. The fraction of sp³-hybridized carbons (Fsp3) is 0.458. The first-order chi connectivity index (χ1) is 14.7. The van der Waals surface area contributed by atoms with Crippen LogP contribution in [0.3, 0.4) is 0 Å². The van der Waals surface area contributed by atoms with E-state index >= 15 is 0 Å². The number of aromatic amines is 1. The summed E-state index contributed by atoms with van der Waals surface area (Å²) >= 11 is 1.76. The molecule has 5 nitrogen and oxygen atoms in total. The number of hydrogen-bond acceptors (Lipinski definition) is 5. The third-order valence-electron chi connectivity index (χ3n) is 6.38. The number of hydrogen-bond donors (Lipinski definition) is 1. The Morgan fingerprint density at radius 3 is 2.73 bits per heavy atom. The maximum atomic E-state index is 12.9. The number of benzene rings is 1. The molecule has 156 valence electrons. The Balaban J connectivity index is 1.36. The molecule has 3 aromatic rings. The molecule has 1 aliphatic carbocycles. The number of aryl methyl sites for hydroxylation is 1. The predicted octanol–water partition coefficient (Wildman–Crippen LogP) is 4.81. The van der Waals surface area contributed by atoms with E-state index < -0.39 is 0 Å². The number of aromatic nitrogens is 3. The summed E-state index contributed by atoms with van der Waals surface area (Å²) in [6.45, 7) is 4.47. The molecule has 0 radical (unpaired) electrons. The van der Waals surface area contributed by atoms with E-state index in [9.17, 15) is 4.79 Å². The maximum absolute atomic E-state index is 12.9. The van der Waals surface area contributed by atoms with E-state index in [-0.39, 0.29) is 5.56 Å². The topological polar surface area (TPSA) is 61.9 Å². The zero-order valence-electron chi connectivity index (χ0n) is 17.5. The minimum absolute atomic E-state index is 0.0639. The summed E-state index contributed by atoms with van der Waals surface area (Å²) in [6, 6.07) is 10.4. The molecule has 0 atom stereocenters. The first-order valence-corrected chi connectivity index (χ1v) is 11.8. The van der Waals surface area contributed by atoms with Crippen molar-refractivity contribution in [1.82, 2.24) is 19.9 Å². The molecule has 2 aromatic heterocycles. The van der Waals surface area contributed by atoms with Crippen LogP contribution >= 0.6 is 11.3 Å². The van der Waals surface area contributed by atoms with Crippen LogP contribution in [-0.2, 0) is 19.5 Å². The lowest BCUT2D eigenvalue weighted by Gasteiger charge is -2.28. The minimum Gasteiger partial charge on any atom is -0.310 e. The van der Waals surface area contributed by atoms with E-state index in [1.54, 1.807) is 11.3 Å². The number of thiazole rings is 1. The van der Waals surface area contributed by atoms with Crippen LogP contribution in [0.25, 0.3) is 11.3 Å². The van der Waals surface area contributed by atoms with Crippen LogP contribution in [-0.4, -0.2) is 26.4 Å². The number of nitrogens with one attached hydrogen (secondary N) is 1. The molecule has 1 aliphatic heterocycles. The lowest BCUT2D eigenvalue weighted by molar-refractivity contribution is 0.243. The average Bonchev–Trinajstić information content (AvgIpc) is 3.15. The van der Waals surface area contributed by atoms with Crippen molar-refractivity contribution in [1.29, 1.82) is 0 Å². The van der Waals surface area contributed by atoms with Gasteiger partial charge in [-0.2, -0.15) is 0 Å². The van der Waals surface area contributed by atoms with Gasteiger partial charge in [-0.1, -0.05) is 49.6 Å². The molecule has 6 heteroatoms. The van der Waals surface area contributed by atoms with Gasteiger partial charge in [-0.05, 0) is 19.8 Å². The van der Waals surface area contributed by atoms with Crippen LogP contribution in [0.4, 0.5) is 0 Å². The molecule has 2 aliphatic rings. The highest BCUT2D eigenvalue weighted by molar-refractivity contribution is 7.12. The van der Waals surface area contributed by atoms with E-state index in [4.69, 9.17) is 9.97 Å². The standard InChI is InChI=1S/C24H28N4OS/c1-16-25-22(17-8-4-2-5-9-17)21(30-16)15-28-13-12-20-19(14-28)24(29)27-23(26-20)18-10-6-3-7-11-18/h2,4-5,8-9,18H,3,6-7,10-15H2,1H3,(H,26,27,29). The molecule has 0 saturated heterocycles. The van der Waals surface area contributed by atoms with Crippen LogP contribution in [0.15, 0.2) is 35.1 Å². The van der Waals surface area contributed by atoms with Gasteiger partial charge in [0.2, 0.25) is 0 Å². The first kappa shape index (κ1) is 19.6. The summed E-state index contributed by atoms with van der Waals surface area (Å²) in [5.74, 6) is 1.36. The third-order valence-corrected chi connectivity index (χ3v) is 7.33. The zero-order valence-corrected chi connectivity index (χ0v) is 18.3. The molecule has 3 heterocycles. The summed E-state index contributed by atoms with van der Waals surface area (Å²) in [4.78, 5) is 29.3. The maximum Gasteiger partial charge on any atom is 0.255 e. The van der Waals surface area contributed by atoms with Gasteiger partial charge in [-0.25, -0.2) is 9.97 Å². The molecule has 0 bridgehead atoms.